The van der Waals surface area contributed by atoms with Gasteiger partial charge < -0.3 is 15.0 Å². The Bertz CT molecular complexity index is 761. The van der Waals surface area contributed by atoms with Gasteiger partial charge in [0.05, 0.1) is 6.42 Å². The molecule has 0 spiro atoms. The first-order valence-corrected chi connectivity index (χ1v) is 8.27. The SMILES string of the molecule is CN(C)C(=O)COc1ccc(NC(=O)Cc2ccc(Cl)cc2Cl)cc1. The molecule has 2 rings (SSSR count). The molecule has 0 radical (unpaired) electrons. The number of likely N-dealkylation sites (N-methyl/N-ethyl adjacent to an activating group) is 1. The molecule has 0 unspecified atom stereocenters. The molecular formula is C18H18Cl2N2O3. The second-order valence-corrected chi connectivity index (χ2v) is 6.41. The van der Waals surface area contributed by atoms with Crippen LogP contribution in [0.4, 0.5) is 5.69 Å². The molecule has 0 aliphatic heterocycles. The molecule has 0 aliphatic rings. The fourth-order valence-corrected chi connectivity index (χ4v) is 2.43. The highest BCUT2D eigenvalue weighted by Gasteiger charge is 2.09. The first-order valence-electron chi connectivity index (χ1n) is 7.52. The maximum absolute atomic E-state index is 12.1. The van der Waals surface area contributed by atoms with Crippen LogP contribution >= 0.6 is 23.2 Å². The summed E-state index contributed by atoms with van der Waals surface area (Å²) in [5, 5.41) is 3.76. The van der Waals surface area contributed by atoms with Crippen molar-refractivity contribution in [2.24, 2.45) is 0 Å². The zero-order chi connectivity index (χ0) is 18.4. The molecule has 2 amide bonds. The molecule has 25 heavy (non-hydrogen) atoms. The lowest BCUT2D eigenvalue weighted by Crippen LogP contribution is -2.27. The molecule has 0 aromatic heterocycles. The van der Waals surface area contributed by atoms with E-state index in [4.69, 9.17) is 27.9 Å². The van der Waals surface area contributed by atoms with Gasteiger partial charge in [-0.1, -0.05) is 29.3 Å². The number of benzene rings is 2. The van der Waals surface area contributed by atoms with Crippen molar-refractivity contribution < 1.29 is 14.3 Å². The topological polar surface area (TPSA) is 58.6 Å². The molecule has 0 fully saturated rings. The van der Waals surface area contributed by atoms with Gasteiger partial charge in [0.2, 0.25) is 5.91 Å². The van der Waals surface area contributed by atoms with Crippen molar-refractivity contribution in [3.05, 3.63) is 58.1 Å². The highest BCUT2D eigenvalue weighted by Crippen LogP contribution is 2.22. The van der Waals surface area contributed by atoms with Gasteiger partial charge in [-0.25, -0.2) is 0 Å². The van der Waals surface area contributed by atoms with Crippen LogP contribution < -0.4 is 10.1 Å². The van der Waals surface area contributed by atoms with Crippen LogP contribution in [-0.4, -0.2) is 37.4 Å². The Kier molecular flexibility index (Phi) is 6.67. The summed E-state index contributed by atoms with van der Waals surface area (Å²) in [6.45, 7) is -0.0340. The van der Waals surface area contributed by atoms with Crippen molar-refractivity contribution in [1.82, 2.24) is 4.90 Å². The number of nitrogens with zero attached hydrogens (tertiary/aromatic N) is 1. The maximum Gasteiger partial charge on any atom is 0.259 e. The predicted molar refractivity (Wildman–Crippen MR) is 99.4 cm³/mol. The largest absolute Gasteiger partial charge is 0.484 e. The van der Waals surface area contributed by atoms with Gasteiger partial charge in [0.15, 0.2) is 6.61 Å². The van der Waals surface area contributed by atoms with Crippen molar-refractivity contribution in [1.29, 1.82) is 0 Å². The van der Waals surface area contributed by atoms with Crippen LogP contribution in [0.5, 0.6) is 5.75 Å². The Morgan fingerprint density at radius 3 is 2.36 bits per heavy atom. The highest BCUT2D eigenvalue weighted by molar-refractivity contribution is 6.35. The van der Waals surface area contributed by atoms with Gasteiger partial charge in [-0.3, -0.25) is 9.59 Å². The number of amides is 2. The van der Waals surface area contributed by atoms with E-state index >= 15 is 0 Å². The molecule has 132 valence electrons. The van der Waals surface area contributed by atoms with Crippen LogP contribution in [0.1, 0.15) is 5.56 Å². The monoisotopic (exact) mass is 380 g/mol. The maximum atomic E-state index is 12.1. The molecule has 0 atom stereocenters. The zero-order valence-electron chi connectivity index (χ0n) is 13.9. The molecule has 0 heterocycles. The van der Waals surface area contributed by atoms with Crippen LogP contribution in [0.15, 0.2) is 42.5 Å². The number of carbonyl (C=O) groups is 2. The molecule has 0 saturated carbocycles. The second-order valence-electron chi connectivity index (χ2n) is 5.56. The summed E-state index contributed by atoms with van der Waals surface area (Å²) in [6, 6.07) is 11.8. The van der Waals surface area contributed by atoms with E-state index in [-0.39, 0.29) is 24.8 Å². The standard InChI is InChI=1S/C18H18Cl2N2O3/c1-22(2)18(24)11-25-15-7-5-14(6-8-15)21-17(23)9-12-3-4-13(19)10-16(12)20/h3-8,10H,9,11H2,1-2H3,(H,21,23). The minimum Gasteiger partial charge on any atom is -0.484 e. The zero-order valence-corrected chi connectivity index (χ0v) is 15.4. The van der Waals surface area contributed by atoms with E-state index in [0.717, 1.165) is 0 Å². The lowest BCUT2D eigenvalue weighted by molar-refractivity contribution is -0.130. The Morgan fingerprint density at radius 2 is 1.76 bits per heavy atom. The molecule has 0 saturated heterocycles. The number of hydrogen-bond donors (Lipinski definition) is 1. The summed E-state index contributed by atoms with van der Waals surface area (Å²) in [5.74, 6) is 0.229. The molecule has 1 N–H and O–H groups in total. The summed E-state index contributed by atoms with van der Waals surface area (Å²) in [6.07, 6.45) is 0.144. The van der Waals surface area contributed by atoms with E-state index in [1.54, 1.807) is 56.6 Å². The van der Waals surface area contributed by atoms with Gasteiger partial charge in [-0.2, -0.15) is 0 Å². The highest BCUT2D eigenvalue weighted by atomic mass is 35.5. The lowest BCUT2D eigenvalue weighted by atomic mass is 10.1. The first-order chi connectivity index (χ1) is 11.8. The fourth-order valence-electron chi connectivity index (χ4n) is 1.95. The Balaban J connectivity index is 1.90. The van der Waals surface area contributed by atoms with Crippen molar-refractivity contribution in [3.8, 4) is 5.75 Å². The summed E-state index contributed by atoms with van der Waals surface area (Å²) >= 11 is 11.9. The van der Waals surface area contributed by atoms with E-state index in [2.05, 4.69) is 5.32 Å². The smallest absolute Gasteiger partial charge is 0.259 e. The van der Waals surface area contributed by atoms with Crippen molar-refractivity contribution >= 4 is 40.7 Å². The number of anilines is 1. The average molecular weight is 381 g/mol. The van der Waals surface area contributed by atoms with Gasteiger partial charge in [-0.05, 0) is 42.0 Å². The molecular weight excluding hydrogens is 363 g/mol. The first kappa shape index (κ1) is 19.1. The Labute approximate surface area is 156 Å². The Hall–Kier alpha value is -2.24. The molecule has 5 nitrogen and oxygen atoms in total. The molecule has 2 aromatic carbocycles. The van der Waals surface area contributed by atoms with E-state index in [9.17, 15) is 9.59 Å². The number of nitrogens with one attached hydrogen (secondary N) is 1. The molecule has 0 bridgehead atoms. The number of hydrogen-bond acceptors (Lipinski definition) is 3. The summed E-state index contributed by atoms with van der Waals surface area (Å²) < 4.78 is 5.38. The number of ether oxygens (including phenoxy) is 1. The van der Waals surface area contributed by atoms with Crippen LogP contribution in [0.25, 0.3) is 0 Å². The van der Waals surface area contributed by atoms with Crippen LogP contribution in [0.2, 0.25) is 10.0 Å². The summed E-state index contributed by atoms with van der Waals surface area (Å²) in [7, 11) is 3.33. The van der Waals surface area contributed by atoms with E-state index in [1.165, 1.54) is 4.90 Å². The summed E-state index contributed by atoms with van der Waals surface area (Å²) in [5.41, 5.74) is 1.33. The van der Waals surface area contributed by atoms with Crippen molar-refractivity contribution in [3.63, 3.8) is 0 Å². The number of carbonyl (C=O) groups excluding carboxylic acids is 2. The second kappa shape index (κ2) is 8.74. The van der Waals surface area contributed by atoms with Crippen LogP contribution in [0, 0.1) is 0 Å². The minimum atomic E-state index is -0.194. The number of halogens is 2. The van der Waals surface area contributed by atoms with Crippen LogP contribution in [-0.2, 0) is 16.0 Å². The fraction of sp³-hybridized carbons (Fsp3) is 0.222. The summed E-state index contributed by atoms with van der Waals surface area (Å²) in [4.78, 5) is 25.0. The Morgan fingerprint density at radius 1 is 1.08 bits per heavy atom. The third-order valence-electron chi connectivity index (χ3n) is 3.37. The minimum absolute atomic E-state index is 0.0340. The van der Waals surface area contributed by atoms with Crippen LogP contribution in [0.3, 0.4) is 0 Å². The number of rotatable bonds is 6. The normalized spacial score (nSPS) is 10.2. The van der Waals surface area contributed by atoms with Crippen molar-refractivity contribution in [2.75, 3.05) is 26.0 Å². The lowest BCUT2D eigenvalue weighted by Gasteiger charge is -2.12. The third kappa shape index (κ3) is 5.96. The quantitative estimate of drug-likeness (QED) is 0.831. The third-order valence-corrected chi connectivity index (χ3v) is 3.95. The van der Waals surface area contributed by atoms with Gasteiger partial charge in [-0.15, -0.1) is 0 Å². The molecule has 7 heteroatoms. The van der Waals surface area contributed by atoms with Gasteiger partial charge in [0, 0.05) is 29.8 Å². The van der Waals surface area contributed by atoms with Gasteiger partial charge >= 0.3 is 0 Å². The molecule has 2 aromatic rings. The van der Waals surface area contributed by atoms with Gasteiger partial charge in [0.1, 0.15) is 5.75 Å². The van der Waals surface area contributed by atoms with Crippen molar-refractivity contribution in [2.45, 2.75) is 6.42 Å². The van der Waals surface area contributed by atoms with Gasteiger partial charge in [0.25, 0.3) is 5.91 Å². The van der Waals surface area contributed by atoms with E-state index < -0.39 is 0 Å². The molecule has 0 aliphatic carbocycles. The average Bonchev–Trinajstić information content (AvgIpc) is 2.56. The van der Waals surface area contributed by atoms with E-state index in [1.807, 2.05) is 0 Å². The predicted octanol–water partition coefficient (Wildman–Crippen LogP) is 3.64. The van der Waals surface area contributed by atoms with E-state index in [0.29, 0.717) is 27.0 Å².